The third-order valence-electron chi connectivity index (χ3n) is 8.35. The number of anilines is 1. The number of nitrogens with zero attached hydrogens (tertiary/aromatic N) is 4. The topological polar surface area (TPSA) is 149 Å². The van der Waals surface area contributed by atoms with Gasteiger partial charge in [-0.25, -0.2) is 4.79 Å². The summed E-state index contributed by atoms with van der Waals surface area (Å²) in [7, 11) is 2.24. The fourth-order valence-corrected chi connectivity index (χ4v) is 5.73. The van der Waals surface area contributed by atoms with Gasteiger partial charge >= 0.3 is 24.2 Å². The van der Waals surface area contributed by atoms with Gasteiger partial charge in [-0.05, 0) is 30.9 Å². The molecule has 1 N–H and O–H groups in total. The van der Waals surface area contributed by atoms with Gasteiger partial charge in [0.1, 0.15) is 18.1 Å². The smallest absolute Gasteiger partial charge is 0.438 e. The highest BCUT2D eigenvalue weighted by molar-refractivity contribution is 6.09. The Morgan fingerprint density at radius 1 is 1.18 bits per heavy atom. The Bertz CT molecular complexity index is 1430. The molecule has 244 valence electrons. The lowest BCUT2D eigenvalue weighted by molar-refractivity contribution is -0.270. The molecule has 1 saturated carbocycles. The van der Waals surface area contributed by atoms with Crippen LogP contribution in [0.2, 0.25) is 0 Å². The molecule has 2 aliphatic heterocycles. The third kappa shape index (κ3) is 6.09. The van der Waals surface area contributed by atoms with Crippen LogP contribution in [-0.2, 0) is 34.1 Å². The molecule has 4 rings (SSSR count). The van der Waals surface area contributed by atoms with Gasteiger partial charge in [-0.3, -0.25) is 24.1 Å². The van der Waals surface area contributed by atoms with Crippen LogP contribution in [-0.4, -0.2) is 97.2 Å². The zero-order valence-corrected chi connectivity index (χ0v) is 24.4. The van der Waals surface area contributed by atoms with E-state index in [9.17, 15) is 51.2 Å². The van der Waals surface area contributed by atoms with E-state index in [0.717, 1.165) is 30.9 Å². The van der Waals surface area contributed by atoms with Gasteiger partial charge in [0.2, 0.25) is 17.7 Å². The lowest BCUT2D eigenvalue weighted by Crippen LogP contribution is -2.58. The highest BCUT2D eigenvalue weighted by atomic mass is 19.4. The number of para-hydroxylation sites is 1. The zero-order chi connectivity index (χ0) is 33.5. The first kappa shape index (κ1) is 33.4. The van der Waals surface area contributed by atoms with E-state index in [1.807, 2.05) is 6.07 Å². The molecule has 4 atom stereocenters. The number of fused-ring (bicyclic) bond motifs is 2. The van der Waals surface area contributed by atoms with Crippen LogP contribution in [0.25, 0.3) is 0 Å². The molecule has 2 heterocycles. The number of ether oxygens (including phenoxy) is 2. The average molecular weight is 644 g/mol. The number of likely N-dealkylation sites (N-methyl/N-ethyl adjacent to an activating group) is 1. The Morgan fingerprint density at radius 2 is 1.82 bits per heavy atom. The van der Waals surface area contributed by atoms with Gasteiger partial charge in [-0.15, -0.1) is 0 Å². The number of alkyl halides is 5. The Morgan fingerprint density at radius 3 is 2.40 bits per heavy atom. The molecule has 1 unspecified atom stereocenters. The summed E-state index contributed by atoms with van der Waals surface area (Å²) < 4.78 is 74.4. The number of likely N-dealkylation sites (tertiary alicyclic amines) is 1. The van der Waals surface area contributed by atoms with Gasteiger partial charge in [0.15, 0.2) is 6.73 Å². The second-order valence-electron chi connectivity index (χ2n) is 11.3. The molecular formula is C28H30F5N5O7. The summed E-state index contributed by atoms with van der Waals surface area (Å²) in [6.45, 7) is 0.111. The van der Waals surface area contributed by atoms with E-state index in [-0.39, 0.29) is 25.3 Å². The van der Waals surface area contributed by atoms with E-state index in [4.69, 9.17) is 4.74 Å². The molecule has 1 saturated heterocycles. The van der Waals surface area contributed by atoms with Crippen molar-refractivity contribution in [3.8, 4) is 6.07 Å². The van der Waals surface area contributed by atoms with Crippen molar-refractivity contribution in [1.82, 2.24) is 15.1 Å². The number of carbonyl (C=O) groups excluding carboxylic acids is 5. The minimum atomic E-state index is -6.19. The number of hydrogen-bond acceptors (Lipinski definition) is 8. The highest BCUT2D eigenvalue weighted by Gasteiger charge is 2.64. The lowest BCUT2D eigenvalue weighted by atomic mass is 9.79. The Labute approximate surface area is 254 Å². The number of amides is 4. The first-order valence-corrected chi connectivity index (χ1v) is 13.8. The molecule has 0 bridgehead atoms. The SMILES string of the molecule is COC(=O)OCN1C(=O)[C@]2(CC(C#N)N(C(=O)[C@H](CC3CC3)N(C)C(=O)[C@H](C)NC(=O)C(F)(F)C(F)(F)F)C2)c2ccccc21. The molecule has 17 heteroatoms. The van der Waals surface area contributed by atoms with Crippen molar-refractivity contribution in [1.29, 1.82) is 5.26 Å². The summed E-state index contributed by atoms with van der Waals surface area (Å²) in [5.41, 5.74) is -0.549. The Hall–Kier alpha value is -4.49. The van der Waals surface area contributed by atoms with Gasteiger partial charge < -0.3 is 24.6 Å². The monoisotopic (exact) mass is 643 g/mol. The molecular weight excluding hydrogens is 613 g/mol. The van der Waals surface area contributed by atoms with Crippen LogP contribution >= 0.6 is 0 Å². The zero-order valence-electron chi connectivity index (χ0n) is 24.4. The van der Waals surface area contributed by atoms with Crippen LogP contribution in [0.5, 0.6) is 0 Å². The molecule has 2 fully saturated rings. The third-order valence-corrected chi connectivity index (χ3v) is 8.35. The Balaban J connectivity index is 1.59. The molecule has 0 aromatic heterocycles. The van der Waals surface area contributed by atoms with Crippen molar-refractivity contribution in [3.63, 3.8) is 0 Å². The van der Waals surface area contributed by atoms with Crippen molar-refractivity contribution in [2.45, 2.75) is 68.2 Å². The van der Waals surface area contributed by atoms with Crippen molar-refractivity contribution in [2.75, 3.05) is 32.3 Å². The van der Waals surface area contributed by atoms with Crippen molar-refractivity contribution in [3.05, 3.63) is 29.8 Å². The molecule has 0 radical (unpaired) electrons. The number of halogens is 5. The molecule has 12 nitrogen and oxygen atoms in total. The van der Waals surface area contributed by atoms with Crippen molar-refractivity contribution >= 4 is 35.5 Å². The largest absolute Gasteiger partial charge is 0.509 e. The summed E-state index contributed by atoms with van der Waals surface area (Å²) >= 11 is 0. The molecule has 1 aromatic carbocycles. The van der Waals surface area contributed by atoms with Gasteiger partial charge in [-0.2, -0.15) is 27.2 Å². The van der Waals surface area contributed by atoms with E-state index in [2.05, 4.69) is 4.74 Å². The number of nitriles is 1. The van der Waals surface area contributed by atoms with Gasteiger partial charge in [0.25, 0.3) is 0 Å². The predicted octanol–water partition coefficient (Wildman–Crippen LogP) is 2.47. The summed E-state index contributed by atoms with van der Waals surface area (Å²) in [6, 6.07) is 4.27. The van der Waals surface area contributed by atoms with Gasteiger partial charge in [-0.1, -0.05) is 31.0 Å². The van der Waals surface area contributed by atoms with Gasteiger partial charge in [0.05, 0.1) is 24.3 Å². The van der Waals surface area contributed by atoms with Crippen LogP contribution in [0.15, 0.2) is 24.3 Å². The lowest BCUT2D eigenvalue weighted by Gasteiger charge is -2.34. The standard InChI is InChI=1S/C28H30F5N5O7/c1-15(35-23(41)27(29,30)28(31,32)33)21(39)36(2)20(10-16-8-9-16)22(40)37-13-26(11-17(37)12-34)18-6-4-5-7-19(18)38(24(26)42)14-45-25(43)44-3/h4-7,15-17,20H,8-11,13-14H2,1-3H3,(H,35,41)/t15-,17?,20-,26-/m0/s1. The van der Waals surface area contributed by atoms with E-state index < -0.39 is 72.2 Å². The number of hydrogen-bond donors (Lipinski definition) is 1. The fraction of sp³-hybridized carbons (Fsp3) is 0.571. The maximum absolute atomic E-state index is 14.1. The number of carbonyl (C=O) groups is 5. The van der Waals surface area contributed by atoms with Crippen molar-refractivity contribution < 1.29 is 55.4 Å². The van der Waals surface area contributed by atoms with E-state index in [1.54, 1.807) is 24.3 Å². The molecule has 1 aromatic rings. The minimum Gasteiger partial charge on any atom is -0.438 e. The van der Waals surface area contributed by atoms with Crippen molar-refractivity contribution in [2.24, 2.45) is 5.92 Å². The van der Waals surface area contributed by atoms with E-state index in [0.29, 0.717) is 24.1 Å². The molecule has 4 amide bonds. The van der Waals surface area contributed by atoms with E-state index in [1.165, 1.54) is 10.2 Å². The number of methoxy groups -OCH3 is 1. The van der Waals surface area contributed by atoms with Gasteiger partial charge in [0, 0.05) is 20.0 Å². The quantitative estimate of drug-likeness (QED) is 0.319. The van der Waals surface area contributed by atoms with Crippen LogP contribution in [0.4, 0.5) is 32.4 Å². The second kappa shape index (κ2) is 12.1. The van der Waals surface area contributed by atoms with Crippen LogP contribution in [0.3, 0.4) is 0 Å². The predicted molar refractivity (Wildman–Crippen MR) is 142 cm³/mol. The summed E-state index contributed by atoms with van der Waals surface area (Å²) in [5.74, 6) is -10.9. The molecule has 45 heavy (non-hydrogen) atoms. The molecule has 3 aliphatic rings. The Kier molecular flexibility index (Phi) is 9.00. The molecule has 1 aliphatic carbocycles. The van der Waals surface area contributed by atoms with Crippen LogP contribution < -0.4 is 10.2 Å². The maximum atomic E-state index is 14.1. The highest BCUT2D eigenvalue weighted by Crippen LogP contribution is 2.49. The maximum Gasteiger partial charge on any atom is 0.509 e. The average Bonchev–Trinajstić information content (AvgIpc) is 3.69. The van der Waals surface area contributed by atoms with E-state index >= 15 is 0 Å². The van der Waals surface area contributed by atoms with Crippen LogP contribution in [0.1, 0.15) is 38.2 Å². The summed E-state index contributed by atoms with van der Waals surface area (Å²) in [6.07, 6.45) is -5.85. The summed E-state index contributed by atoms with van der Waals surface area (Å²) in [4.78, 5) is 67.6. The first-order chi connectivity index (χ1) is 21.0. The summed E-state index contributed by atoms with van der Waals surface area (Å²) in [5, 5.41) is 11.4. The normalized spacial score (nSPS) is 22.4. The second-order valence-corrected chi connectivity index (χ2v) is 11.3. The first-order valence-electron chi connectivity index (χ1n) is 13.8. The molecule has 1 spiro atoms. The number of nitrogens with one attached hydrogen (secondary N) is 1. The number of benzene rings is 1. The number of rotatable bonds is 9. The minimum absolute atomic E-state index is 0.00874. The fourth-order valence-electron chi connectivity index (χ4n) is 5.73. The van der Waals surface area contributed by atoms with Crippen LogP contribution in [0, 0.1) is 17.2 Å².